The van der Waals surface area contributed by atoms with Crippen LogP contribution in [0.2, 0.25) is 0 Å². The van der Waals surface area contributed by atoms with E-state index in [9.17, 15) is 4.79 Å². The number of nitrogens with zero attached hydrogens (tertiary/aromatic N) is 1. The maximum atomic E-state index is 12.3. The molecule has 1 atom stereocenters. The SMILES string of the molecule is COc1ccc(C)cc1CN(C)C(=O)CC1COCCN1. The summed E-state index contributed by atoms with van der Waals surface area (Å²) in [4.78, 5) is 14.0. The van der Waals surface area contributed by atoms with E-state index in [1.807, 2.05) is 26.1 Å². The highest BCUT2D eigenvalue weighted by Crippen LogP contribution is 2.21. The van der Waals surface area contributed by atoms with Gasteiger partial charge in [0.1, 0.15) is 5.75 Å². The van der Waals surface area contributed by atoms with Crippen LogP contribution in [0.15, 0.2) is 18.2 Å². The fourth-order valence-corrected chi connectivity index (χ4v) is 2.49. The number of carbonyl (C=O) groups excluding carboxylic acids is 1. The van der Waals surface area contributed by atoms with E-state index in [0.717, 1.165) is 30.0 Å². The van der Waals surface area contributed by atoms with Gasteiger partial charge in [-0.3, -0.25) is 4.79 Å². The second-order valence-electron chi connectivity index (χ2n) is 5.50. The monoisotopic (exact) mass is 292 g/mol. The Kier molecular flexibility index (Phi) is 5.59. The van der Waals surface area contributed by atoms with Crippen LogP contribution in [0, 0.1) is 6.92 Å². The van der Waals surface area contributed by atoms with Gasteiger partial charge in [-0.05, 0) is 13.0 Å². The second-order valence-corrected chi connectivity index (χ2v) is 5.50. The predicted molar refractivity (Wildman–Crippen MR) is 81.4 cm³/mol. The highest BCUT2D eigenvalue weighted by atomic mass is 16.5. The van der Waals surface area contributed by atoms with E-state index in [-0.39, 0.29) is 11.9 Å². The first-order chi connectivity index (χ1) is 10.1. The van der Waals surface area contributed by atoms with Crippen LogP contribution in [0.5, 0.6) is 5.75 Å². The highest BCUT2D eigenvalue weighted by molar-refractivity contribution is 5.76. The lowest BCUT2D eigenvalue weighted by atomic mass is 10.1. The molecule has 1 N–H and O–H groups in total. The number of methoxy groups -OCH3 is 1. The lowest BCUT2D eigenvalue weighted by Gasteiger charge is -2.26. The zero-order chi connectivity index (χ0) is 15.2. The molecule has 1 saturated heterocycles. The molecule has 0 aliphatic carbocycles. The quantitative estimate of drug-likeness (QED) is 0.890. The number of carbonyl (C=O) groups is 1. The van der Waals surface area contributed by atoms with Crippen LogP contribution >= 0.6 is 0 Å². The van der Waals surface area contributed by atoms with Crippen molar-refractivity contribution < 1.29 is 14.3 Å². The minimum Gasteiger partial charge on any atom is -0.496 e. The highest BCUT2D eigenvalue weighted by Gasteiger charge is 2.20. The van der Waals surface area contributed by atoms with Gasteiger partial charge in [0.05, 0.1) is 20.3 Å². The van der Waals surface area contributed by atoms with Gasteiger partial charge < -0.3 is 19.7 Å². The molecule has 1 aliphatic rings. The molecule has 1 aromatic carbocycles. The van der Waals surface area contributed by atoms with Gasteiger partial charge in [0.2, 0.25) is 5.91 Å². The first kappa shape index (κ1) is 15.8. The van der Waals surface area contributed by atoms with E-state index in [1.165, 1.54) is 0 Å². The summed E-state index contributed by atoms with van der Waals surface area (Å²) in [5.74, 6) is 0.931. The normalized spacial score (nSPS) is 18.3. The molecule has 1 aromatic rings. The largest absolute Gasteiger partial charge is 0.496 e. The number of morpholine rings is 1. The summed E-state index contributed by atoms with van der Waals surface area (Å²) < 4.78 is 10.7. The second kappa shape index (κ2) is 7.43. The Balaban J connectivity index is 1.95. The summed E-state index contributed by atoms with van der Waals surface area (Å²) in [7, 11) is 3.48. The zero-order valence-electron chi connectivity index (χ0n) is 13.0. The summed E-state index contributed by atoms with van der Waals surface area (Å²) in [5, 5.41) is 3.30. The first-order valence-corrected chi connectivity index (χ1v) is 7.28. The van der Waals surface area contributed by atoms with Crippen LogP contribution in [-0.2, 0) is 16.1 Å². The number of ether oxygens (including phenoxy) is 2. The summed E-state index contributed by atoms with van der Waals surface area (Å²) in [6.07, 6.45) is 0.463. The van der Waals surface area contributed by atoms with E-state index in [2.05, 4.69) is 11.4 Å². The maximum absolute atomic E-state index is 12.3. The Morgan fingerprint density at radius 2 is 2.33 bits per heavy atom. The molecule has 1 aliphatic heterocycles. The van der Waals surface area contributed by atoms with Crippen LogP contribution in [-0.4, -0.2) is 50.8 Å². The topological polar surface area (TPSA) is 50.8 Å². The van der Waals surface area contributed by atoms with Crippen LogP contribution in [0.3, 0.4) is 0 Å². The number of amides is 1. The standard InChI is InChI=1S/C16H24N2O3/c1-12-4-5-15(20-3)13(8-12)10-18(2)16(19)9-14-11-21-7-6-17-14/h4-5,8,14,17H,6-7,9-11H2,1-3H3. The lowest BCUT2D eigenvalue weighted by Crippen LogP contribution is -2.44. The minimum absolute atomic E-state index is 0.113. The summed E-state index contributed by atoms with van der Waals surface area (Å²) >= 11 is 0. The molecule has 5 heteroatoms. The summed E-state index contributed by atoms with van der Waals surface area (Å²) in [6, 6.07) is 6.13. The number of rotatable bonds is 5. The van der Waals surface area contributed by atoms with Crippen LogP contribution < -0.4 is 10.1 Å². The Morgan fingerprint density at radius 3 is 3.00 bits per heavy atom. The molecule has 1 fully saturated rings. The predicted octanol–water partition coefficient (Wildman–Crippen LogP) is 1.34. The van der Waals surface area contributed by atoms with Gasteiger partial charge in [-0.1, -0.05) is 17.7 Å². The van der Waals surface area contributed by atoms with Crippen molar-refractivity contribution in [3.8, 4) is 5.75 Å². The number of nitrogens with one attached hydrogen (secondary N) is 1. The van der Waals surface area contributed by atoms with Gasteiger partial charge in [0.25, 0.3) is 0 Å². The Bertz CT molecular complexity index is 484. The van der Waals surface area contributed by atoms with Gasteiger partial charge in [-0.25, -0.2) is 0 Å². The first-order valence-electron chi connectivity index (χ1n) is 7.28. The molecular weight excluding hydrogens is 268 g/mol. The number of aryl methyl sites for hydroxylation is 1. The van der Waals surface area contributed by atoms with Crippen LogP contribution in [0.25, 0.3) is 0 Å². The van der Waals surface area contributed by atoms with Crippen molar-refractivity contribution >= 4 is 5.91 Å². The molecule has 0 spiro atoms. The molecule has 1 amide bonds. The van der Waals surface area contributed by atoms with Crippen molar-refractivity contribution in [3.63, 3.8) is 0 Å². The molecule has 1 unspecified atom stereocenters. The summed E-state index contributed by atoms with van der Waals surface area (Å²) in [5.41, 5.74) is 2.19. The van der Waals surface area contributed by atoms with Crippen molar-refractivity contribution in [2.45, 2.75) is 25.9 Å². The van der Waals surface area contributed by atoms with Crippen molar-refractivity contribution in [3.05, 3.63) is 29.3 Å². The molecule has 2 rings (SSSR count). The van der Waals surface area contributed by atoms with Gasteiger partial charge in [0.15, 0.2) is 0 Å². The van der Waals surface area contributed by atoms with Crippen molar-refractivity contribution in [1.29, 1.82) is 0 Å². The number of hydrogen-bond acceptors (Lipinski definition) is 4. The van der Waals surface area contributed by atoms with E-state index in [1.54, 1.807) is 12.0 Å². The number of benzene rings is 1. The van der Waals surface area contributed by atoms with Crippen molar-refractivity contribution in [1.82, 2.24) is 10.2 Å². The molecule has 116 valence electrons. The van der Waals surface area contributed by atoms with Gasteiger partial charge in [0, 0.05) is 38.2 Å². The molecule has 0 bridgehead atoms. The molecule has 0 aromatic heterocycles. The molecular formula is C16H24N2O3. The van der Waals surface area contributed by atoms with E-state index in [4.69, 9.17) is 9.47 Å². The molecule has 5 nitrogen and oxygen atoms in total. The Labute approximate surface area is 126 Å². The molecule has 0 radical (unpaired) electrons. The average molecular weight is 292 g/mol. The van der Waals surface area contributed by atoms with Gasteiger partial charge in [-0.15, -0.1) is 0 Å². The third-order valence-electron chi connectivity index (χ3n) is 3.69. The minimum atomic E-state index is 0.113. The smallest absolute Gasteiger partial charge is 0.224 e. The van der Waals surface area contributed by atoms with E-state index in [0.29, 0.717) is 19.6 Å². The maximum Gasteiger partial charge on any atom is 0.224 e. The molecule has 1 heterocycles. The Morgan fingerprint density at radius 1 is 1.52 bits per heavy atom. The van der Waals surface area contributed by atoms with E-state index >= 15 is 0 Å². The lowest BCUT2D eigenvalue weighted by molar-refractivity contribution is -0.131. The fourth-order valence-electron chi connectivity index (χ4n) is 2.49. The van der Waals surface area contributed by atoms with Crippen molar-refractivity contribution in [2.24, 2.45) is 0 Å². The van der Waals surface area contributed by atoms with Crippen LogP contribution in [0.4, 0.5) is 0 Å². The third kappa shape index (κ3) is 4.44. The van der Waals surface area contributed by atoms with E-state index < -0.39 is 0 Å². The Hall–Kier alpha value is -1.59. The van der Waals surface area contributed by atoms with Gasteiger partial charge >= 0.3 is 0 Å². The number of hydrogen-bond donors (Lipinski definition) is 1. The molecule has 0 saturated carbocycles. The van der Waals surface area contributed by atoms with Gasteiger partial charge in [-0.2, -0.15) is 0 Å². The fraction of sp³-hybridized carbons (Fsp3) is 0.562. The summed E-state index contributed by atoms with van der Waals surface area (Å²) in [6.45, 7) is 4.73. The zero-order valence-corrected chi connectivity index (χ0v) is 13.0. The van der Waals surface area contributed by atoms with Crippen LogP contribution in [0.1, 0.15) is 17.5 Å². The molecule has 21 heavy (non-hydrogen) atoms. The third-order valence-corrected chi connectivity index (χ3v) is 3.69. The average Bonchev–Trinajstić information content (AvgIpc) is 2.48. The van der Waals surface area contributed by atoms with Crippen molar-refractivity contribution in [2.75, 3.05) is 33.9 Å².